The minimum atomic E-state index is -4.79. The fraction of sp³-hybridized carbons (Fsp3) is 0.444. The third-order valence-corrected chi connectivity index (χ3v) is 5.55. The van der Waals surface area contributed by atoms with E-state index in [1.165, 1.54) is 4.90 Å². The zero-order valence-electron chi connectivity index (χ0n) is 14.7. The molecule has 0 aromatic heterocycles. The number of imide groups is 1. The Bertz CT molecular complexity index is 939. The Balaban J connectivity index is 1.71. The SMILES string of the molecule is [C-]#[N+]c1ccc(N2C(=O)[C@H]3C4CC(CN4C(=O)CC)N3C2=O)cc1C(F)(F)F. The summed E-state index contributed by atoms with van der Waals surface area (Å²) in [5.41, 5.74) is -2.02. The highest BCUT2D eigenvalue weighted by Gasteiger charge is 2.62. The molecule has 7 nitrogen and oxygen atoms in total. The number of rotatable bonds is 2. The van der Waals surface area contributed by atoms with Crippen molar-refractivity contribution in [2.24, 2.45) is 0 Å². The van der Waals surface area contributed by atoms with Crippen LogP contribution in [-0.2, 0) is 15.8 Å². The number of piperazine rings is 1. The van der Waals surface area contributed by atoms with Crippen molar-refractivity contribution >= 4 is 29.2 Å². The number of fused-ring (bicyclic) bond motifs is 5. The summed E-state index contributed by atoms with van der Waals surface area (Å²) in [6.07, 6.45) is -4.03. The Labute approximate surface area is 158 Å². The molecule has 1 aromatic rings. The minimum absolute atomic E-state index is 0.119. The number of alkyl halides is 3. The van der Waals surface area contributed by atoms with Gasteiger partial charge >= 0.3 is 12.2 Å². The molecule has 3 fully saturated rings. The van der Waals surface area contributed by atoms with Crippen LogP contribution in [0.5, 0.6) is 0 Å². The first-order valence-corrected chi connectivity index (χ1v) is 8.73. The molecule has 3 aliphatic heterocycles. The summed E-state index contributed by atoms with van der Waals surface area (Å²) in [7, 11) is 0. The van der Waals surface area contributed by atoms with Crippen LogP contribution in [0.4, 0.5) is 29.3 Å². The number of amides is 4. The molecule has 0 radical (unpaired) electrons. The molecular formula is C18H15F3N4O3. The van der Waals surface area contributed by atoms with E-state index in [4.69, 9.17) is 6.57 Å². The average Bonchev–Trinajstić information content (AvgIpc) is 3.31. The molecule has 4 amide bonds. The van der Waals surface area contributed by atoms with Gasteiger partial charge in [-0.2, -0.15) is 13.2 Å². The van der Waals surface area contributed by atoms with Gasteiger partial charge in [0.05, 0.1) is 29.9 Å². The first-order valence-electron chi connectivity index (χ1n) is 8.73. The molecule has 10 heteroatoms. The Morgan fingerprint density at radius 3 is 2.64 bits per heavy atom. The normalized spacial score (nSPS) is 26.1. The van der Waals surface area contributed by atoms with E-state index in [-0.39, 0.29) is 24.1 Å². The van der Waals surface area contributed by atoms with Gasteiger partial charge in [-0.15, -0.1) is 0 Å². The number of likely N-dealkylation sites (tertiary alicyclic amines) is 1. The van der Waals surface area contributed by atoms with Gasteiger partial charge in [-0.05, 0) is 18.6 Å². The highest BCUT2D eigenvalue weighted by atomic mass is 19.4. The van der Waals surface area contributed by atoms with Gasteiger partial charge in [0.25, 0.3) is 5.91 Å². The van der Waals surface area contributed by atoms with E-state index in [2.05, 4.69) is 4.85 Å². The molecule has 0 N–H and O–H groups in total. The molecule has 2 unspecified atom stereocenters. The average molecular weight is 392 g/mol. The lowest BCUT2D eigenvalue weighted by Crippen LogP contribution is -2.54. The topological polar surface area (TPSA) is 65.3 Å². The summed E-state index contributed by atoms with van der Waals surface area (Å²) in [4.78, 5) is 44.4. The third kappa shape index (κ3) is 2.38. The van der Waals surface area contributed by atoms with E-state index in [9.17, 15) is 27.6 Å². The molecule has 4 rings (SSSR count). The van der Waals surface area contributed by atoms with E-state index in [1.54, 1.807) is 11.8 Å². The summed E-state index contributed by atoms with van der Waals surface area (Å²) in [5.74, 6) is -0.763. The van der Waals surface area contributed by atoms with Crippen LogP contribution in [0, 0.1) is 6.57 Å². The van der Waals surface area contributed by atoms with Crippen LogP contribution >= 0.6 is 0 Å². The Morgan fingerprint density at radius 2 is 2.04 bits per heavy atom. The van der Waals surface area contributed by atoms with Crippen LogP contribution < -0.4 is 4.90 Å². The number of nitrogens with zero attached hydrogens (tertiary/aromatic N) is 4. The fourth-order valence-corrected chi connectivity index (χ4v) is 4.37. The van der Waals surface area contributed by atoms with Crippen molar-refractivity contribution in [1.82, 2.24) is 9.80 Å². The maximum Gasteiger partial charge on any atom is 0.407 e. The lowest BCUT2D eigenvalue weighted by molar-refractivity contribution is -0.137. The summed E-state index contributed by atoms with van der Waals surface area (Å²) >= 11 is 0. The van der Waals surface area contributed by atoms with Crippen LogP contribution in [0.3, 0.4) is 0 Å². The van der Waals surface area contributed by atoms with Gasteiger partial charge in [0.15, 0.2) is 5.69 Å². The molecule has 28 heavy (non-hydrogen) atoms. The number of hydrogen-bond donors (Lipinski definition) is 0. The number of carbonyl (C=O) groups excluding carboxylic acids is 3. The molecule has 3 aliphatic rings. The Morgan fingerprint density at radius 1 is 1.32 bits per heavy atom. The highest BCUT2D eigenvalue weighted by Crippen LogP contribution is 2.44. The lowest BCUT2D eigenvalue weighted by Gasteiger charge is -2.34. The first-order chi connectivity index (χ1) is 13.2. The molecule has 3 heterocycles. The number of benzene rings is 1. The van der Waals surface area contributed by atoms with E-state index in [0.717, 1.165) is 17.0 Å². The van der Waals surface area contributed by atoms with Gasteiger partial charge in [-0.3, -0.25) is 9.59 Å². The second-order valence-corrected chi connectivity index (χ2v) is 6.98. The zero-order chi connectivity index (χ0) is 20.4. The smallest absolute Gasteiger partial charge is 0.335 e. The van der Waals surface area contributed by atoms with E-state index in [0.29, 0.717) is 19.0 Å². The van der Waals surface area contributed by atoms with E-state index in [1.807, 2.05) is 0 Å². The zero-order valence-corrected chi connectivity index (χ0v) is 14.7. The Kier molecular flexibility index (Phi) is 3.89. The highest BCUT2D eigenvalue weighted by molar-refractivity contribution is 6.22. The maximum atomic E-state index is 13.3. The number of halogens is 3. The number of hydrogen-bond acceptors (Lipinski definition) is 3. The van der Waals surface area contributed by atoms with Crippen molar-refractivity contribution in [2.75, 3.05) is 11.4 Å². The van der Waals surface area contributed by atoms with Gasteiger partial charge in [0.1, 0.15) is 6.04 Å². The van der Waals surface area contributed by atoms with Crippen molar-refractivity contribution < 1.29 is 27.6 Å². The standard InChI is InChI=1S/C18H15F3N4O3/c1-3-14(26)23-8-10-7-13(23)15-16(27)25(17(28)24(10)15)9-4-5-12(22-2)11(6-9)18(19,20)21/h4-6,10,13,15H,3,7-8H2,1H3/t10?,13?,15-/m1/s1. The number of anilines is 1. The van der Waals surface area contributed by atoms with Gasteiger partial charge in [0.2, 0.25) is 5.91 Å². The van der Waals surface area contributed by atoms with E-state index >= 15 is 0 Å². The molecule has 146 valence electrons. The molecular weight excluding hydrogens is 377 g/mol. The van der Waals surface area contributed by atoms with Gasteiger partial charge in [-0.1, -0.05) is 13.0 Å². The monoisotopic (exact) mass is 392 g/mol. The minimum Gasteiger partial charge on any atom is -0.335 e. The summed E-state index contributed by atoms with van der Waals surface area (Å²) in [6, 6.07) is 0.433. The summed E-state index contributed by atoms with van der Waals surface area (Å²) in [5, 5.41) is 0. The third-order valence-electron chi connectivity index (χ3n) is 5.55. The molecule has 3 saturated heterocycles. The van der Waals surface area contributed by atoms with Crippen molar-refractivity contribution in [2.45, 2.75) is 44.1 Å². The van der Waals surface area contributed by atoms with Crippen molar-refractivity contribution in [3.05, 3.63) is 35.2 Å². The fourth-order valence-electron chi connectivity index (χ4n) is 4.37. The molecule has 3 atom stereocenters. The van der Waals surface area contributed by atoms with Gasteiger partial charge in [0, 0.05) is 13.0 Å². The van der Waals surface area contributed by atoms with Crippen molar-refractivity contribution in [3.8, 4) is 0 Å². The second kappa shape index (κ2) is 5.95. The molecule has 2 bridgehead atoms. The lowest BCUT2D eigenvalue weighted by atomic mass is 10.1. The molecule has 0 aliphatic carbocycles. The van der Waals surface area contributed by atoms with Crippen LogP contribution in [0.25, 0.3) is 4.85 Å². The van der Waals surface area contributed by atoms with Gasteiger partial charge < -0.3 is 9.80 Å². The van der Waals surface area contributed by atoms with Crippen LogP contribution in [0.15, 0.2) is 18.2 Å². The van der Waals surface area contributed by atoms with Crippen molar-refractivity contribution in [3.63, 3.8) is 0 Å². The summed E-state index contributed by atoms with van der Waals surface area (Å²) in [6.45, 7) is 8.93. The van der Waals surface area contributed by atoms with Crippen LogP contribution in [-0.4, -0.2) is 52.3 Å². The second-order valence-electron chi connectivity index (χ2n) is 6.98. The Hall–Kier alpha value is -3.09. The quantitative estimate of drug-likeness (QED) is 0.574. The molecule has 0 spiro atoms. The predicted molar refractivity (Wildman–Crippen MR) is 90.4 cm³/mol. The van der Waals surface area contributed by atoms with Gasteiger partial charge in [-0.25, -0.2) is 14.5 Å². The van der Waals surface area contributed by atoms with Crippen LogP contribution in [0.2, 0.25) is 0 Å². The summed E-state index contributed by atoms with van der Waals surface area (Å²) < 4.78 is 39.8. The van der Waals surface area contributed by atoms with Crippen molar-refractivity contribution in [1.29, 1.82) is 0 Å². The number of carbonyl (C=O) groups is 3. The van der Waals surface area contributed by atoms with Crippen LogP contribution in [0.1, 0.15) is 25.3 Å². The molecule has 0 saturated carbocycles. The molecule has 1 aromatic carbocycles. The first kappa shape index (κ1) is 18.3. The maximum absolute atomic E-state index is 13.3. The van der Waals surface area contributed by atoms with E-state index < -0.39 is 41.4 Å². The number of urea groups is 1. The predicted octanol–water partition coefficient (Wildman–Crippen LogP) is 2.79. The largest absolute Gasteiger partial charge is 0.407 e.